The van der Waals surface area contributed by atoms with E-state index in [1.807, 2.05) is 18.3 Å². The van der Waals surface area contributed by atoms with Crippen LogP contribution in [0.4, 0.5) is 5.82 Å². The van der Waals surface area contributed by atoms with Gasteiger partial charge in [0.05, 0.1) is 35.0 Å². The van der Waals surface area contributed by atoms with Crippen LogP contribution in [0, 0.1) is 0 Å². The lowest BCUT2D eigenvalue weighted by molar-refractivity contribution is 0.0806. The van der Waals surface area contributed by atoms with Gasteiger partial charge in [-0.1, -0.05) is 29.3 Å². The van der Waals surface area contributed by atoms with E-state index in [0.29, 0.717) is 28.7 Å². The Morgan fingerprint density at radius 2 is 2.24 bits per heavy atom. The van der Waals surface area contributed by atoms with Crippen LogP contribution in [0.25, 0.3) is 22.0 Å². The van der Waals surface area contributed by atoms with Gasteiger partial charge < -0.3 is 15.4 Å². The first-order valence-corrected chi connectivity index (χ1v) is 8.81. The van der Waals surface area contributed by atoms with Crippen LogP contribution in [0.2, 0.25) is 10.0 Å². The van der Waals surface area contributed by atoms with Crippen molar-refractivity contribution in [1.82, 2.24) is 20.5 Å². The first-order valence-electron chi connectivity index (χ1n) is 8.05. The Morgan fingerprint density at radius 3 is 3.00 bits per heavy atom. The quantitative estimate of drug-likeness (QED) is 0.650. The third-order valence-corrected chi connectivity index (χ3v) is 5.00. The maximum atomic E-state index is 6.40. The second kappa shape index (κ2) is 7.17. The number of hydrogen-bond donors (Lipinski definition) is 3. The second-order valence-electron chi connectivity index (χ2n) is 5.91. The van der Waals surface area contributed by atoms with E-state index in [-0.39, 0.29) is 6.04 Å². The number of ether oxygens (including phenoxy) is 1. The zero-order chi connectivity index (χ0) is 17.2. The van der Waals surface area contributed by atoms with E-state index in [0.717, 1.165) is 35.5 Å². The lowest BCUT2D eigenvalue weighted by Gasteiger charge is -2.24. The standard InChI is InChI=1S/C17H17Cl2N5O/c18-14-2-1-12-13(10-6-22-23-7-10)5-15(24-17(12)16(14)19)21-8-11-9-25-4-3-20-11/h1-2,5-7,11,20H,3-4,8-9H2,(H,21,24)(H,22,23). The molecule has 6 nitrogen and oxygen atoms in total. The number of halogens is 2. The molecule has 8 heteroatoms. The van der Waals surface area contributed by atoms with Crippen molar-refractivity contribution in [3.8, 4) is 11.1 Å². The van der Waals surface area contributed by atoms with E-state index < -0.39 is 0 Å². The molecule has 3 aromatic rings. The molecule has 2 aromatic heterocycles. The molecule has 1 aliphatic rings. The number of nitrogens with one attached hydrogen (secondary N) is 3. The number of fused-ring (bicyclic) bond motifs is 1. The summed E-state index contributed by atoms with van der Waals surface area (Å²) in [6.07, 6.45) is 3.62. The third-order valence-electron chi connectivity index (χ3n) is 4.21. The summed E-state index contributed by atoms with van der Waals surface area (Å²) in [4.78, 5) is 4.66. The van der Waals surface area contributed by atoms with Gasteiger partial charge in [-0.2, -0.15) is 5.10 Å². The fourth-order valence-corrected chi connectivity index (χ4v) is 3.30. The Labute approximate surface area is 154 Å². The zero-order valence-corrected chi connectivity index (χ0v) is 14.9. The van der Waals surface area contributed by atoms with Gasteiger partial charge in [0.1, 0.15) is 5.82 Å². The molecule has 1 aromatic carbocycles. The van der Waals surface area contributed by atoms with Gasteiger partial charge in [-0.15, -0.1) is 0 Å². The predicted molar refractivity (Wildman–Crippen MR) is 100 cm³/mol. The average Bonchev–Trinajstić information content (AvgIpc) is 3.18. The molecular weight excluding hydrogens is 361 g/mol. The van der Waals surface area contributed by atoms with Crippen molar-refractivity contribution < 1.29 is 4.74 Å². The van der Waals surface area contributed by atoms with Gasteiger partial charge in [-0.05, 0) is 17.7 Å². The summed E-state index contributed by atoms with van der Waals surface area (Å²) in [6, 6.07) is 5.97. The first-order chi connectivity index (χ1) is 12.2. The minimum absolute atomic E-state index is 0.249. The van der Waals surface area contributed by atoms with E-state index >= 15 is 0 Å². The van der Waals surface area contributed by atoms with Crippen LogP contribution in [-0.2, 0) is 4.74 Å². The Balaban J connectivity index is 1.72. The summed E-state index contributed by atoms with van der Waals surface area (Å²) in [5, 5.41) is 15.5. The molecule has 3 N–H and O–H groups in total. The molecule has 1 fully saturated rings. The summed E-state index contributed by atoms with van der Waals surface area (Å²) >= 11 is 12.6. The number of benzene rings is 1. The van der Waals surface area contributed by atoms with E-state index in [4.69, 9.17) is 27.9 Å². The number of morpholine rings is 1. The highest BCUT2D eigenvalue weighted by Gasteiger charge is 2.16. The van der Waals surface area contributed by atoms with Crippen molar-refractivity contribution in [3.05, 3.63) is 40.6 Å². The highest BCUT2D eigenvalue weighted by molar-refractivity contribution is 6.45. The Bertz CT molecular complexity index is 878. The van der Waals surface area contributed by atoms with Crippen molar-refractivity contribution in [2.45, 2.75) is 6.04 Å². The van der Waals surface area contributed by atoms with E-state index in [1.54, 1.807) is 12.3 Å². The molecule has 0 amide bonds. The van der Waals surface area contributed by atoms with Crippen molar-refractivity contribution in [2.75, 3.05) is 31.6 Å². The van der Waals surface area contributed by atoms with Crippen LogP contribution in [0.1, 0.15) is 0 Å². The van der Waals surface area contributed by atoms with Crippen LogP contribution in [0.3, 0.4) is 0 Å². The van der Waals surface area contributed by atoms with Crippen LogP contribution < -0.4 is 10.6 Å². The second-order valence-corrected chi connectivity index (χ2v) is 6.69. The molecule has 1 unspecified atom stereocenters. The molecule has 1 saturated heterocycles. The summed E-state index contributed by atoms with van der Waals surface area (Å²) in [7, 11) is 0. The Hall–Kier alpha value is -1.86. The normalized spacial score (nSPS) is 17.8. The van der Waals surface area contributed by atoms with Gasteiger partial charge in [0, 0.05) is 36.3 Å². The minimum Gasteiger partial charge on any atom is -0.378 e. The van der Waals surface area contributed by atoms with Gasteiger partial charge >= 0.3 is 0 Å². The molecule has 3 heterocycles. The highest BCUT2D eigenvalue weighted by Crippen LogP contribution is 2.36. The number of hydrogen-bond acceptors (Lipinski definition) is 5. The summed E-state index contributed by atoms with van der Waals surface area (Å²) in [6.45, 7) is 3.01. The number of anilines is 1. The third kappa shape index (κ3) is 3.43. The molecule has 1 atom stereocenters. The number of rotatable bonds is 4. The number of aromatic amines is 1. The molecular formula is C17H17Cl2N5O. The fourth-order valence-electron chi connectivity index (χ4n) is 2.94. The summed E-state index contributed by atoms with van der Waals surface area (Å²) < 4.78 is 5.48. The summed E-state index contributed by atoms with van der Waals surface area (Å²) in [5.41, 5.74) is 2.63. The lowest BCUT2D eigenvalue weighted by atomic mass is 10.0. The SMILES string of the molecule is Clc1ccc2c(-c3cn[nH]c3)cc(NCC3COCCN3)nc2c1Cl. The monoisotopic (exact) mass is 377 g/mol. The van der Waals surface area contributed by atoms with Crippen molar-refractivity contribution >= 4 is 39.9 Å². The minimum atomic E-state index is 0.249. The molecule has 0 spiro atoms. The molecule has 25 heavy (non-hydrogen) atoms. The Morgan fingerprint density at radius 1 is 1.32 bits per heavy atom. The van der Waals surface area contributed by atoms with Crippen LogP contribution in [-0.4, -0.2) is 47.5 Å². The number of H-pyrrole nitrogens is 1. The number of nitrogens with zero attached hydrogens (tertiary/aromatic N) is 2. The van der Waals surface area contributed by atoms with E-state index in [1.165, 1.54) is 0 Å². The van der Waals surface area contributed by atoms with Crippen LogP contribution >= 0.6 is 23.2 Å². The van der Waals surface area contributed by atoms with Gasteiger partial charge in [-0.3, -0.25) is 5.10 Å². The topological polar surface area (TPSA) is 74.9 Å². The highest BCUT2D eigenvalue weighted by atomic mass is 35.5. The van der Waals surface area contributed by atoms with E-state index in [2.05, 4.69) is 25.8 Å². The lowest BCUT2D eigenvalue weighted by Crippen LogP contribution is -2.45. The molecule has 1 aliphatic heterocycles. The Kier molecular flexibility index (Phi) is 4.76. The predicted octanol–water partition coefficient (Wildman–Crippen LogP) is 3.33. The molecule has 0 radical (unpaired) electrons. The van der Waals surface area contributed by atoms with Crippen molar-refractivity contribution in [2.24, 2.45) is 0 Å². The van der Waals surface area contributed by atoms with Crippen LogP contribution in [0.5, 0.6) is 0 Å². The number of aromatic nitrogens is 3. The van der Waals surface area contributed by atoms with Crippen molar-refractivity contribution in [3.63, 3.8) is 0 Å². The maximum absolute atomic E-state index is 6.40. The summed E-state index contributed by atoms with van der Waals surface area (Å²) in [5.74, 6) is 0.736. The molecule has 130 valence electrons. The first kappa shape index (κ1) is 16.6. The molecule has 0 aliphatic carbocycles. The van der Waals surface area contributed by atoms with Gasteiger partial charge in [0.15, 0.2) is 0 Å². The number of pyridine rings is 1. The van der Waals surface area contributed by atoms with Gasteiger partial charge in [-0.25, -0.2) is 4.98 Å². The van der Waals surface area contributed by atoms with Gasteiger partial charge in [0.2, 0.25) is 0 Å². The maximum Gasteiger partial charge on any atom is 0.127 e. The molecule has 4 rings (SSSR count). The smallest absolute Gasteiger partial charge is 0.127 e. The van der Waals surface area contributed by atoms with E-state index in [9.17, 15) is 0 Å². The van der Waals surface area contributed by atoms with Crippen molar-refractivity contribution in [1.29, 1.82) is 0 Å². The fraction of sp³-hybridized carbons (Fsp3) is 0.294. The van der Waals surface area contributed by atoms with Gasteiger partial charge in [0.25, 0.3) is 0 Å². The largest absolute Gasteiger partial charge is 0.378 e. The average molecular weight is 378 g/mol. The molecule has 0 bridgehead atoms. The molecule has 0 saturated carbocycles. The van der Waals surface area contributed by atoms with Crippen LogP contribution in [0.15, 0.2) is 30.6 Å². The zero-order valence-electron chi connectivity index (χ0n) is 13.4.